The first-order valence-corrected chi connectivity index (χ1v) is 10.1. The number of halogens is 3. The standard InChI is InChI=1S/C22H28F3NO6/c1-3-19(28)31-13-11-26-21(30)32-12-7-10-17(27)14-18(20(29)22(23,24)25)15(2)16-8-5-4-6-9-16/h3-6,8-9,15,18,20,29H,1,7,10-14H2,2H3,(H,26,30). The quantitative estimate of drug-likeness (QED) is 0.266. The van der Waals surface area contributed by atoms with Gasteiger partial charge < -0.3 is 19.9 Å². The van der Waals surface area contributed by atoms with Crippen LogP contribution in [0.3, 0.4) is 0 Å². The highest BCUT2D eigenvalue weighted by Gasteiger charge is 2.46. The topological polar surface area (TPSA) is 102 Å². The Kier molecular flexibility index (Phi) is 11.5. The maximum absolute atomic E-state index is 13.2. The summed E-state index contributed by atoms with van der Waals surface area (Å²) in [5, 5.41) is 12.2. The number of ketones is 1. The van der Waals surface area contributed by atoms with Crippen molar-refractivity contribution >= 4 is 17.8 Å². The van der Waals surface area contributed by atoms with E-state index in [2.05, 4.69) is 16.6 Å². The van der Waals surface area contributed by atoms with Gasteiger partial charge in [-0.1, -0.05) is 43.8 Å². The summed E-state index contributed by atoms with van der Waals surface area (Å²) in [6, 6.07) is 8.37. The zero-order valence-electron chi connectivity index (χ0n) is 17.8. The van der Waals surface area contributed by atoms with Gasteiger partial charge in [0.25, 0.3) is 0 Å². The number of aliphatic hydroxyl groups is 1. The number of ether oxygens (including phenoxy) is 2. The number of rotatable bonds is 13. The van der Waals surface area contributed by atoms with Crippen molar-refractivity contribution in [2.24, 2.45) is 5.92 Å². The summed E-state index contributed by atoms with van der Waals surface area (Å²) >= 11 is 0. The molecule has 3 atom stereocenters. The van der Waals surface area contributed by atoms with Crippen molar-refractivity contribution in [3.8, 4) is 0 Å². The van der Waals surface area contributed by atoms with Gasteiger partial charge in [-0.25, -0.2) is 9.59 Å². The highest BCUT2D eigenvalue weighted by molar-refractivity contribution is 5.81. The predicted octanol–water partition coefficient (Wildman–Crippen LogP) is 3.52. The minimum Gasteiger partial charge on any atom is -0.461 e. The van der Waals surface area contributed by atoms with Gasteiger partial charge >= 0.3 is 18.2 Å². The van der Waals surface area contributed by atoms with Crippen LogP contribution in [0.5, 0.6) is 0 Å². The van der Waals surface area contributed by atoms with E-state index in [0.717, 1.165) is 6.08 Å². The summed E-state index contributed by atoms with van der Waals surface area (Å²) in [5.41, 5.74) is 0.590. The second kappa shape index (κ2) is 13.5. The summed E-state index contributed by atoms with van der Waals surface area (Å²) < 4.78 is 49.0. The fourth-order valence-electron chi connectivity index (χ4n) is 3.02. The Hall–Kier alpha value is -2.88. The molecule has 7 nitrogen and oxygen atoms in total. The average Bonchev–Trinajstić information content (AvgIpc) is 2.76. The van der Waals surface area contributed by atoms with E-state index in [4.69, 9.17) is 4.74 Å². The molecule has 0 aliphatic carbocycles. The number of Topliss-reactive ketones (excluding diaryl/α,β-unsaturated/α-hetero) is 1. The number of alkyl carbamates (subject to hydrolysis) is 1. The molecule has 10 heteroatoms. The molecule has 32 heavy (non-hydrogen) atoms. The highest BCUT2D eigenvalue weighted by Crippen LogP contribution is 2.37. The fourth-order valence-corrected chi connectivity index (χ4v) is 3.02. The van der Waals surface area contributed by atoms with Crippen LogP contribution in [-0.2, 0) is 19.1 Å². The number of carbonyl (C=O) groups excluding carboxylic acids is 3. The molecule has 1 rings (SSSR count). The number of esters is 1. The fraction of sp³-hybridized carbons (Fsp3) is 0.500. The maximum atomic E-state index is 13.2. The maximum Gasteiger partial charge on any atom is 0.414 e. The zero-order chi connectivity index (χ0) is 24.1. The van der Waals surface area contributed by atoms with Crippen LogP contribution in [0.25, 0.3) is 0 Å². The van der Waals surface area contributed by atoms with Crippen LogP contribution in [0.2, 0.25) is 0 Å². The first-order valence-electron chi connectivity index (χ1n) is 10.1. The van der Waals surface area contributed by atoms with E-state index >= 15 is 0 Å². The van der Waals surface area contributed by atoms with E-state index in [0.29, 0.717) is 5.56 Å². The summed E-state index contributed by atoms with van der Waals surface area (Å²) in [6.45, 7) is 4.59. The van der Waals surface area contributed by atoms with Crippen molar-refractivity contribution in [3.63, 3.8) is 0 Å². The van der Waals surface area contributed by atoms with E-state index in [1.165, 1.54) is 0 Å². The molecule has 3 unspecified atom stereocenters. The van der Waals surface area contributed by atoms with Gasteiger partial charge in [-0.15, -0.1) is 0 Å². The second-order valence-electron chi connectivity index (χ2n) is 7.13. The minimum atomic E-state index is -4.85. The molecular weight excluding hydrogens is 431 g/mol. The molecular formula is C22H28F3NO6. The van der Waals surface area contributed by atoms with Crippen LogP contribution in [-0.4, -0.2) is 55.0 Å². The van der Waals surface area contributed by atoms with Crippen LogP contribution in [0.15, 0.2) is 43.0 Å². The van der Waals surface area contributed by atoms with E-state index in [9.17, 15) is 32.7 Å². The third kappa shape index (κ3) is 9.95. The number of benzene rings is 1. The number of amides is 1. The molecule has 0 bridgehead atoms. The number of aliphatic hydroxyl groups excluding tert-OH is 1. The highest BCUT2D eigenvalue weighted by atomic mass is 19.4. The lowest BCUT2D eigenvalue weighted by Crippen LogP contribution is -2.39. The third-order valence-electron chi connectivity index (χ3n) is 4.79. The van der Waals surface area contributed by atoms with E-state index < -0.39 is 48.4 Å². The second-order valence-corrected chi connectivity index (χ2v) is 7.13. The van der Waals surface area contributed by atoms with Crippen LogP contribution >= 0.6 is 0 Å². The summed E-state index contributed by atoms with van der Waals surface area (Å²) in [7, 11) is 0. The summed E-state index contributed by atoms with van der Waals surface area (Å²) in [6.07, 6.45) is -7.74. The van der Waals surface area contributed by atoms with Gasteiger partial charge in [-0.2, -0.15) is 13.2 Å². The van der Waals surface area contributed by atoms with Crippen molar-refractivity contribution in [2.75, 3.05) is 19.8 Å². The van der Waals surface area contributed by atoms with Crippen LogP contribution < -0.4 is 5.32 Å². The number of alkyl halides is 3. The smallest absolute Gasteiger partial charge is 0.414 e. The van der Waals surface area contributed by atoms with Gasteiger partial charge in [-0.05, 0) is 17.9 Å². The Balaban J connectivity index is 2.48. The largest absolute Gasteiger partial charge is 0.461 e. The molecule has 2 N–H and O–H groups in total. The number of carbonyl (C=O) groups is 3. The molecule has 1 aromatic carbocycles. The normalized spacial score (nSPS) is 14.0. The number of hydrogen-bond donors (Lipinski definition) is 2. The first kappa shape index (κ1) is 27.2. The van der Waals surface area contributed by atoms with Crippen LogP contribution in [0.4, 0.5) is 18.0 Å². The van der Waals surface area contributed by atoms with Crippen LogP contribution in [0.1, 0.15) is 37.7 Å². The molecule has 1 amide bonds. The van der Waals surface area contributed by atoms with E-state index in [1.54, 1.807) is 37.3 Å². The summed E-state index contributed by atoms with van der Waals surface area (Å²) in [4.78, 5) is 34.6. The van der Waals surface area contributed by atoms with Crippen molar-refractivity contribution < 1.29 is 42.1 Å². The van der Waals surface area contributed by atoms with Crippen molar-refractivity contribution in [1.82, 2.24) is 5.32 Å². The number of nitrogens with one attached hydrogen (secondary N) is 1. The Morgan fingerprint density at radius 3 is 2.41 bits per heavy atom. The first-order chi connectivity index (χ1) is 15.1. The molecule has 178 valence electrons. The number of hydrogen-bond acceptors (Lipinski definition) is 6. The Morgan fingerprint density at radius 2 is 1.81 bits per heavy atom. The molecule has 0 radical (unpaired) electrons. The third-order valence-corrected chi connectivity index (χ3v) is 4.79. The molecule has 0 aliphatic rings. The van der Waals surface area contributed by atoms with Crippen molar-refractivity contribution in [3.05, 3.63) is 48.6 Å². The molecule has 0 aromatic heterocycles. The van der Waals surface area contributed by atoms with E-state index in [1.807, 2.05) is 0 Å². The molecule has 0 saturated carbocycles. The molecule has 0 saturated heterocycles. The minimum absolute atomic E-state index is 0.0196. The van der Waals surface area contributed by atoms with E-state index in [-0.39, 0.29) is 32.6 Å². The summed E-state index contributed by atoms with van der Waals surface area (Å²) in [5.74, 6) is -3.14. The molecule has 0 aliphatic heterocycles. The Bertz CT molecular complexity index is 754. The lowest BCUT2D eigenvalue weighted by molar-refractivity contribution is -0.221. The van der Waals surface area contributed by atoms with Gasteiger partial charge in [0.05, 0.1) is 13.2 Å². The lowest BCUT2D eigenvalue weighted by atomic mass is 9.80. The van der Waals surface area contributed by atoms with Crippen LogP contribution in [0, 0.1) is 5.92 Å². The monoisotopic (exact) mass is 459 g/mol. The Morgan fingerprint density at radius 1 is 1.16 bits per heavy atom. The SMILES string of the molecule is C=CC(=O)OCCNC(=O)OCCCC(=O)CC(C(C)c1ccccc1)C(O)C(F)(F)F. The predicted molar refractivity (Wildman–Crippen MR) is 110 cm³/mol. The van der Waals surface area contributed by atoms with Crippen molar-refractivity contribution in [2.45, 2.75) is 44.4 Å². The van der Waals surface area contributed by atoms with Gasteiger partial charge in [0, 0.05) is 24.8 Å². The molecule has 0 spiro atoms. The molecule has 0 heterocycles. The van der Waals surface area contributed by atoms with Crippen molar-refractivity contribution in [1.29, 1.82) is 0 Å². The Labute approximate surface area is 184 Å². The average molecular weight is 459 g/mol. The lowest BCUT2D eigenvalue weighted by Gasteiger charge is -2.30. The van der Waals surface area contributed by atoms with Gasteiger partial charge in [-0.3, -0.25) is 4.79 Å². The molecule has 0 fully saturated rings. The zero-order valence-corrected chi connectivity index (χ0v) is 17.8. The van der Waals surface area contributed by atoms with Gasteiger partial charge in [0.2, 0.25) is 0 Å². The molecule has 1 aromatic rings. The van der Waals surface area contributed by atoms with Gasteiger partial charge in [0.15, 0.2) is 6.10 Å². The van der Waals surface area contributed by atoms with Gasteiger partial charge in [0.1, 0.15) is 12.4 Å².